The Balaban J connectivity index is 1.95. The van der Waals surface area contributed by atoms with Gasteiger partial charge in [-0.3, -0.25) is 9.56 Å². The first kappa shape index (κ1) is 15.4. The summed E-state index contributed by atoms with van der Waals surface area (Å²) in [5.41, 5.74) is 0.407. The number of nitrogens with zero attached hydrogens (tertiary/aromatic N) is 3. The number of aromatic nitrogens is 2. The lowest BCUT2D eigenvalue weighted by molar-refractivity contribution is -0.0518. The topological polar surface area (TPSA) is 132 Å². The van der Waals surface area contributed by atoms with Gasteiger partial charge < -0.3 is 30.5 Å². The van der Waals surface area contributed by atoms with Gasteiger partial charge >= 0.3 is 0 Å². The van der Waals surface area contributed by atoms with Gasteiger partial charge in [-0.1, -0.05) is 6.92 Å². The third kappa shape index (κ3) is 2.40. The van der Waals surface area contributed by atoms with Gasteiger partial charge in [0, 0.05) is 6.42 Å². The van der Waals surface area contributed by atoms with Crippen LogP contribution < -0.4 is 5.32 Å². The summed E-state index contributed by atoms with van der Waals surface area (Å²) in [7, 11) is 0. The Morgan fingerprint density at radius 3 is 2.77 bits per heavy atom. The van der Waals surface area contributed by atoms with Crippen molar-refractivity contribution in [3.8, 4) is 0 Å². The van der Waals surface area contributed by atoms with Gasteiger partial charge in [0.05, 0.1) is 19.5 Å². The SMILES string of the molecule is CCC1=NC[C@@H](O)c2ncn([C@H]3O[C@@H](CO)[C@H](O)[C@@H]3O)c2N1. The van der Waals surface area contributed by atoms with Crippen LogP contribution in [0.25, 0.3) is 0 Å². The molecule has 3 heterocycles. The zero-order valence-corrected chi connectivity index (χ0v) is 12.1. The standard InChI is InChI=1S/C13H20N4O5/c1-2-8-14-3-6(19)9-12(16-8)17(5-15-9)13-11(21)10(20)7(4-18)22-13/h5-7,10-11,13,18-21H,2-4H2,1H3,(H,14,16)/t6-,7+,10+,11+,13+/m1/s1. The molecule has 0 aliphatic carbocycles. The Bertz CT molecular complexity index is 575. The molecule has 2 aliphatic heterocycles. The molecule has 0 aromatic carbocycles. The zero-order chi connectivity index (χ0) is 15.9. The van der Waals surface area contributed by atoms with Crippen LogP contribution in [0.1, 0.15) is 31.4 Å². The minimum absolute atomic E-state index is 0.205. The lowest BCUT2D eigenvalue weighted by Gasteiger charge is -2.20. The number of anilines is 1. The highest BCUT2D eigenvalue weighted by Gasteiger charge is 2.44. The van der Waals surface area contributed by atoms with Crippen molar-refractivity contribution < 1.29 is 25.2 Å². The van der Waals surface area contributed by atoms with E-state index in [1.54, 1.807) is 0 Å². The third-order valence-electron chi connectivity index (χ3n) is 3.98. The van der Waals surface area contributed by atoms with Gasteiger partial charge in [0.2, 0.25) is 0 Å². The van der Waals surface area contributed by atoms with E-state index in [9.17, 15) is 20.4 Å². The second-order valence-electron chi connectivity index (χ2n) is 5.40. The molecule has 0 amide bonds. The fourth-order valence-corrected chi connectivity index (χ4v) is 2.71. The Morgan fingerprint density at radius 1 is 1.36 bits per heavy atom. The predicted octanol–water partition coefficient (Wildman–Crippen LogP) is -1.24. The lowest BCUT2D eigenvalue weighted by Crippen LogP contribution is -2.33. The Hall–Kier alpha value is -1.52. The van der Waals surface area contributed by atoms with Crippen molar-refractivity contribution in [2.75, 3.05) is 18.5 Å². The summed E-state index contributed by atoms with van der Waals surface area (Å²) < 4.78 is 7.01. The number of aliphatic hydroxyl groups is 4. The number of rotatable bonds is 3. The number of nitrogens with one attached hydrogen (secondary N) is 1. The van der Waals surface area contributed by atoms with Crippen molar-refractivity contribution in [2.24, 2.45) is 4.99 Å². The largest absolute Gasteiger partial charge is 0.394 e. The molecule has 1 fully saturated rings. The second-order valence-corrected chi connectivity index (χ2v) is 5.40. The first-order valence-electron chi connectivity index (χ1n) is 7.24. The van der Waals surface area contributed by atoms with Crippen LogP contribution in [-0.4, -0.2) is 67.3 Å². The average molecular weight is 312 g/mol. The Morgan fingerprint density at radius 2 is 2.14 bits per heavy atom. The molecule has 1 saturated heterocycles. The van der Waals surface area contributed by atoms with Crippen LogP contribution in [0, 0.1) is 0 Å². The summed E-state index contributed by atoms with van der Waals surface area (Å²) in [6.45, 7) is 1.73. The van der Waals surface area contributed by atoms with Crippen LogP contribution in [0.4, 0.5) is 5.82 Å². The van der Waals surface area contributed by atoms with Crippen LogP contribution in [0.15, 0.2) is 11.3 Å². The van der Waals surface area contributed by atoms with E-state index in [2.05, 4.69) is 15.3 Å². The minimum atomic E-state index is -1.21. The van der Waals surface area contributed by atoms with E-state index in [1.165, 1.54) is 10.9 Å². The molecule has 5 atom stereocenters. The van der Waals surface area contributed by atoms with E-state index < -0.39 is 37.3 Å². The van der Waals surface area contributed by atoms with Crippen LogP contribution in [0.5, 0.6) is 0 Å². The van der Waals surface area contributed by atoms with E-state index in [1.807, 2.05) is 6.92 Å². The fraction of sp³-hybridized carbons (Fsp3) is 0.692. The maximum absolute atomic E-state index is 10.1. The van der Waals surface area contributed by atoms with Crippen molar-refractivity contribution in [1.29, 1.82) is 0 Å². The predicted molar refractivity (Wildman–Crippen MR) is 76.4 cm³/mol. The molecule has 1 aromatic heterocycles. The lowest BCUT2D eigenvalue weighted by atomic mass is 10.1. The quantitative estimate of drug-likeness (QED) is 0.471. The smallest absolute Gasteiger partial charge is 0.165 e. The molecule has 0 unspecified atom stereocenters. The maximum Gasteiger partial charge on any atom is 0.165 e. The number of hydrogen-bond donors (Lipinski definition) is 5. The monoisotopic (exact) mass is 312 g/mol. The molecule has 0 radical (unpaired) electrons. The van der Waals surface area contributed by atoms with Gasteiger partial charge in [0.15, 0.2) is 6.23 Å². The number of amidine groups is 1. The van der Waals surface area contributed by atoms with Crippen molar-refractivity contribution in [3.05, 3.63) is 12.0 Å². The molecule has 0 saturated carbocycles. The maximum atomic E-state index is 10.1. The summed E-state index contributed by atoms with van der Waals surface area (Å²) >= 11 is 0. The van der Waals surface area contributed by atoms with Crippen molar-refractivity contribution in [1.82, 2.24) is 9.55 Å². The van der Waals surface area contributed by atoms with Crippen LogP contribution in [0.2, 0.25) is 0 Å². The van der Waals surface area contributed by atoms with Gasteiger partial charge in [0.1, 0.15) is 41.8 Å². The van der Waals surface area contributed by atoms with Gasteiger partial charge in [-0.25, -0.2) is 4.98 Å². The molecule has 2 aliphatic rings. The first-order valence-corrected chi connectivity index (χ1v) is 7.24. The number of ether oxygens (including phenoxy) is 1. The van der Waals surface area contributed by atoms with E-state index in [-0.39, 0.29) is 6.54 Å². The highest BCUT2D eigenvalue weighted by Crippen LogP contribution is 2.35. The molecule has 122 valence electrons. The van der Waals surface area contributed by atoms with E-state index in [0.717, 1.165) is 0 Å². The second kappa shape index (κ2) is 5.94. The van der Waals surface area contributed by atoms with Crippen LogP contribution in [-0.2, 0) is 4.74 Å². The van der Waals surface area contributed by atoms with Crippen LogP contribution in [0.3, 0.4) is 0 Å². The summed E-state index contributed by atoms with van der Waals surface area (Å²) in [6.07, 6.45) is -2.95. The molecule has 9 nitrogen and oxygen atoms in total. The molecule has 9 heteroatoms. The van der Waals surface area contributed by atoms with Gasteiger partial charge in [0.25, 0.3) is 0 Å². The Kier molecular flexibility index (Phi) is 4.15. The summed E-state index contributed by atoms with van der Waals surface area (Å²) in [4.78, 5) is 8.42. The number of imidazole rings is 1. The third-order valence-corrected chi connectivity index (χ3v) is 3.98. The van der Waals surface area contributed by atoms with Gasteiger partial charge in [-0.2, -0.15) is 0 Å². The minimum Gasteiger partial charge on any atom is -0.394 e. The molecule has 1 aromatic rings. The number of aliphatic imine (C=N–C) groups is 1. The van der Waals surface area contributed by atoms with Crippen LogP contribution >= 0.6 is 0 Å². The van der Waals surface area contributed by atoms with E-state index in [4.69, 9.17) is 4.74 Å². The molecule has 22 heavy (non-hydrogen) atoms. The number of hydrogen-bond acceptors (Lipinski definition) is 8. The number of fused-ring (bicyclic) bond motifs is 1. The van der Waals surface area contributed by atoms with Crippen molar-refractivity contribution in [2.45, 2.75) is 44.0 Å². The summed E-state index contributed by atoms with van der Waals surface area (Å²) in [5.74, 6) is 1.16. The molecular weight excluding hydrogens is 292 g/mol. The first-order chi connectivity index (χ1) is 10.6. The Labute approximate surface area is 126 Å². The highest BCUT2D eigenvalue weighted by atomic mass is 16.6. The molecule has 0 bridgehead atoms. The average Bonchev–Trinajstić information content (AvgIpc) is 3.00. The van der Waals surface area contributed by atoms with E-state index in [0.29, 0.717) is 23.8 Å². The van der Waals surface area contributed by atoms with Gasteiger partial charge in [-0.15, -0.1) is 0 Å². The zero-order valence-electron chi connectivity index (χ0n) is 12.1. The fourth-order valence-electron chi connectivity index (χ4n) is 2.71. The summed E-state index contributed by atoms with van der Waals surface area (Å²) in [5, 5.41) is 42.4. The van der Waals surface area contributed by atoms with Crippen molar-refractivity contribution in [3.63, 3.8) is 0 Å². The number of aliphatic hydroxyl groups excluding tert-OH is 4. The normalized spacial score (nSPS) is 34.8. The van der Waals surface area contributed by atoms with Gasteiger partial charge in [-0.05, 0) is 0 Å². The molecular formula is C13H20N4O5. The molecule has 5 N–H and O–H groups in total. The highest BCUT2D eigenvalue weighted by molar-refractivity contribution is 5.95. The molecule has 3 rings (SSSR count). The van der Waals surface area contributed by atoms with E-state index >= 15 is 0 Å². The summed E-state index contributed by atoms with van der Waals surface area (Å²) in [6, 6.07) is 0. The molecule has 0 spiro atoms. The van der Waals surface area contributed by atoms with Crippen molar-refractivity contribution >= 4 is 11.7 Å².